The van der Waals surface area contributed by atoms with E-state index in [1.807, 2.05) is 49.7 Å². The molecule has 0 atom stereocenters. The molecular formula is C17H19N3O2S. The second-order valence-electron chi connectivity index (χ2n) is 5.62. The van der Waals surface area contributed by atoms with Crippen LogP contribution in [0.3, 0.4) is 0 Å². The molecule has 5 nitrogen and oxygen atoms in total. The molecule has 0 bridgehead atoms. The largest absolute Gasteiger partial charge is 0.331 e. The zero-order valence-electron chi connectivity index (χ0n) is 13.4. The van der Waals surface area contributed by atoms with Gasteiger partial charge in [-0.3, -0.25) is 0 Å². The molecule has 0 saturated carbocycles. The second-order valence-corrected chi connectivity index (χ2v) is 7.39. The van der Waals surface area contributed by atoms with Crippen LogP contribution in [-0.2, 0) is 23.6 Å². The van der Waals surface area contributed by atoms with E-state index in [2.05, 4.69) is 9.71 Å². The van der Waals surface area contributed by atoms with Crippen LogP contribution < -0.4 is 4.72 Å². The Labute approximate surface area is 136 Å². The van der Waals surface area contributed by atoms with Crippen molar-refractivity contribution in [2.45, 2.75) is 25.3 Å². The number of nitrogens with zero attached hydrogens (tertiary/aromatic N) is 2. The van der Waals surface area contributed by atoms with Crippen molar-refractivity contribution in [3.05, 3.63) is 59.4 Å². The Hall–Kier alpha value is -2.18. The van der Waals surface area contributed by atoms with E-state index in [9.17, 15) is 8.42 Å². The smallest absolute Gasteiger partial charge is 0.240 e. The van der Waals surface area contributed by atoms with Crippen molar-refractivity contribution in [1.29, 1.82) is 0 Å². The van der Waals surface area contributed by atoms with Crippen LogP contribution in [0.25, 0.3) is 11.0 Å². The lowest BCUT2D eigenvalue weighted by Gasteiger charge is -2.09. The summed E-state index contributed by atoms with van der Waals surface area (Å²) in [5.41, 5.74) is 3.63. The summed E-state index contributed by atoms with van der Waals surface area (Å²) < 4.78 is 29.6. The van der Waals surface area contributed by atoms with Gasteiger partial charge in [-0.15, -0.1) is 0 Å². The van der Waals surface area contributed by atoms with E-state index in [1.165, 1.54) is 0 Å². The predicted octanol–water partition coefficient (Wildman–Crippen LogP) is 2.67. The molecular weight excluding hydrogens is 310 g/mol. The lowest BCUT2D eigenvalue weighted by Crippen LogP contribution is -2.23. The average molecular weight is 329 g/mol. The van der Waals surface area contributed by atoms with Crippen LogP contribution in [0, 0.1) is 13.8 Å². The van der Waals surface area contributed by atoms with Crippen molar-refractivity contribution in [1.82, 2.24) is 14.3 Å². The number of hydrogen-bond donors (Lipinski definition) is 1. The van der Waals surface area contributed by atoms with Gasteiger partial charge in [-0.25, -0.2) is 18.1 Å². The second kappa shape index (κ2) is 5.79. The highest BCUT2D eigenvalue weighted by Gasteiger charge is 2.16. The van der Waals surface area contributed by atoms with Gasteiger partial charge in [0.1, 0.15) is 5.82 Å². The van der Waals surface area contributed by atoms with Gasteiger partial charge < -0.3 is 4.57 Å². The number of fused-ring (bicyclic) bond motifs is 1. The van der Waals surface area contributed by atoms with Gasteiger partial charge in [0.15, 0.2) is 0 Å². The van der Waals surface area contributed by atoms with Crippen LogP contribution in [0.2, 0.25) is 0 Å². The normalized spacial score (nSPS) is 12.0. The molecule has 0 unspecified atom stereocenters. The molecule has 0 radical (unpaired) electrons. The first-order chi connectivity index (χ1) is 10.9. The highest BCUT2D eigenvalue weighted by atomic mass is 32.2. The van der Waals surface area contributed by atoms with Gasteiger partial charge in [0.2, 0.25) is 10.0 Å². The summed E-state index contributed by atoms with van der Waals surface area (Å²) >= 11 is 0. The highest BCUT2D eigenvalue weighted by molar-refractivity contribution is 7.89. The van der Waals surface area contributed by atoms with Crippen molar-refractivity contribution in [3.63, 3.8) is 0 Å². The third-order valence-electron chi connectivity index (χ3n) is 4.10. The maximum Gasteiger partial charge on any atom is 0.240 e. The number of benzene rings is 2. The molecule has 0 amide bonds. The van der Waals surface area contributed by atoms with Crippen molar-refractivity contribution in [2.75, 3.05) is 0 Å². The quantitative estimate of drug-likeness (QED) is 0.800. The Balaban J connectivity index is 1.89. The molecule has 3 aromatic rings. The first-order valence-electron chi connectivity index (χ1n) is 7.36. The zero-order chi connectivity index (χ0) is 16.6. The number of hydrogen-bond acceptors (Lipinski definition) is 3. The first-order valence-corrected chi connectivity index (χ1v) is 8.84. The maximum absolute atomic E-state index is 12.5. The fraction of sp³-hybridized carbons (Fsp3) is 0.235. The zero-order valence-corrected chi connectivity index (χ0v) is 14.2. The van der Waals surface area contributed by atoms with Gasteiger partial charge in [0.05, 0.1) is 15.9 Å². The highest BCUT2D eigenvalue weighted by Crippen LogP contribution is 2.19. The Kier molecular flexibility index (Phi) is 3.95. The first kappa shape index (κ1) is 15.7. The Bertz CT molecular complexity index is 975. The minimum atomic E-state index is -3.57. The predicted molar refractivity (Wildman–Crippen MR) is 90.7 cm³/mol. The Morgan fingerprint density at radius 3 is 2.61 bits per heavy atom. The van der Waals surface area contributed by atoms with Gasteiger partial charge in [-0.05, 0) is 43.2 Å². The molecule has 120 valence electrons. The van der Waals surface area contributed by atoms with Crippen molar-refractivity contribution in [2.24, 2.45) is 7.05 Å². The van der Waals surface area contributed by atoms with Gasteiger partial charge in [0, 0.05) is 13.6 Å². The van der Waals surface area contributed by atoms with Gasteiger partial charge in [-0.1, -0.05) is 24.3 Å². The van der Waals surface area contributed by atoms with Crippen LogP contribution in [0.5, 0.6) is 0 Å². The van der Waals surface area contributed by atoms with E-state index >= 15 is 0 Å². The molecule has 0 fully saturated rings. The molecule has 23 heavy (non-hydrogen) atoms. The fourth-order valence-electron chi connectivity index (χ4n) is 2.53. The standard InChI is InChI=1S/C17H19N3O2S/c1-12-6-4-5-7-14(12)11-18-23(21,22)15-8-9-17-16(10-15)19-13(2)20(17)3/h4-10,18H,11H2,1-3H3. The molecule has 0 aliphatic heterocycles. The molecule has 0 aliphatic rings. The van der Waals surface area contributed by atoms with E-state index in [0.717, 1.165) is 22.5 Å². The summed E-state index contributed by atoms with van der Waals surface area (Å²) in [6.45, 7) is 4.13. The summed E-state index contributed by atoms with van der Waals surface area (Å²) in [7, 11) is -1.66. The Morgan fingerprint density at radius 1 is 1.13 bits per heavy atom. The summed E-state index contributed by atoms with van der Waals surface area (Å²) in [6.07, 6.45) is 0. The molecule has 1 heterocycles. The minimum Gasteiger partial charge on any atom is -0.331 e. The number of rotatable bonds is 4. The molecule has 1 N–H and O–H groups in total. The van der Waals surface area contributed by atoms with Crippen LogP contribution >= 0.6 is 0 Å². The van der Waals surface area contributed by atoms with Gasteiger partial charge >= 0.3 is 0 Å². The van der Waals surface area contributed by atoms with Crippen LogP contribution in [0.4, 0.5) is 0 Å². The summed E-state index contributed by atoms with van der Waals surface area (Å²) in [6, 6.07) is 12.7. The van der Waals surface area contributed by atoms with Crippen LogP contribution in [0.1, 0.15) is 17.0 Å². The number of imidazole rings is 1. The maximum atomic E-state index is 12.5. The fourth-order valence-corrected chi connectivity index (χ4v) is 3.56. The average Bonchev–Trinajstić information content (AvgIpc) is 2.81. The van der Waals surface area contributed by atoms with E-state index in [0.29, 0.717) is 5.52 Å². The van der Waals surface area contributed by atoms with Crippen molar-refractivity contribution >= 4 is 21.1 Å². The minimum absolute atomic E-state index is 0.233. The monoisotopic (exact) mass is 329 g/mol. The van der Waals surface area contributed by atoms with Gasteiger partial charge in [-0.2, -0.15) is 0 Å². The lowest BCUT2D eigenvalue weighted by molar-refractivity contribution is 0.581. The number of aryl methyl sites for hydroxylation is 3. The summed E-state index contributed by atoms with van der Waals surface area (Å²) in [5, 5.41) is 0. The number of aromatic nitrogens is 2. The van der Waals surface area contributed by atoms with Crippen LogP contribution in [0.15, 0.2) is 47.4 Å². The molecule has 6 heteroatoms. The molecule has 1 aromatic heterocycles. The van der Waals surface area contributed by atoms with Crippen molar-refractivity contribution in [3.8, 4) is 0 Å². The SMILES string of the molecule is Cc1ccccc1CNS(=O)(=O)c1ccc2c(c1)nc(C)n2C. The third-order valence-corrected chi connectivity index (χ3v) is 5.50. The molecule has 3 rings (SSSR count). The molecule has 2 aromatic carbocycles. The van der Waals surface area contributed by atoms with E-state index in [1.54, 1.807) is 18.2 Å². The molecule has 0 saturated heterocycles. The molecule has 0 spiro atoms. The number of nitrogens with one attached hydrogen (secondary N) is 1. The van der Waals surface area contributed by atoms with Crippen LogP contribution in [-0.4, -0.2) is 18.0 Å². The summed E-state index contributed by atoms with van der Waals surface area (Å²) in [4.78, 5) is 4.62. The van der Waals surface area contributed by atoms with Crippen molar-refractivity contribution < 1.29 is 8.42 Å². The Morgan fingerprint density at radius 2 is 1.87 bits per heavy atom. The molecule has 0 aliphatic carbocycles. The van der Waals surface area contributed by atoms with Gasteiger partial charge in [0.25, 0.3) is 0 Å². The lowest BCUT2D eigenvalue weighted by atomic mass is 10.1. The topological polar surface area (TPSA) is 64.0 Å². The number of sulfonamides is 1. The van der Waals surface area contributed by atoms with E-state index < -0.39 is 10.0 Å². The summed E-state index contributed by atoms with van der Waals surface area (Å²) in [5.74, 6) is 0.849. The van der Waals surface area contributed by atoms with E-state index in [4.69, 9.17) is 0 Å². The third kappa shape index (κ3) is 3.00. The van der Waals surface area contributed by atoms with E-state index in [-0.39, 0.29) is 11.4 Å².